The van der Waals surface area contributed by atoms with Crippen molar-refractivity contribution in [3.63, 3.8) is 0 Å². The van der Waals surface area contributed by atoms with E-state index in [-0.39, 0.29) is 25.4 Å². The first-order chi connectivity index (χ1) is 13.8. The average Bonchev–Trinajstić information content (AvgIpc) is 3.14. The van der Waals surface area contributed by atoms with Crippen LogP contribution in [0.1, 0.15) is 37.1 Å². The van der Waals surface area contributed by atoms with E-state index >= 15 is 0 Å². The first-order valence-electron chi connectivity index (χ1n) is 9.52. The van der Waals surface area contributed by atoms with Gasteiger partial charge in [-0.05, 0) is 49.9 Å². The molecule has 0 spiro atoms. The van der Waals surface area contributed by atoms with Gasteiger partial charge in [-0.3, -0.25) is 4.79 Å². The lowest BCUT2D eigenvalue weighted by Crippen LogP contribution is -2.31. The van der Waals surface area contributed by atoms with Crippen LogP contribution < -0.4 is 10.1 Å². The summed E-state index contributed by atoms with van der Waals surface area (Å²) in [7, 11) is 0. The summed E-state index contributed by atoms with van der Waals surface area (Å²) in [6.07, 6.45) is -3.15. The van der Waals surface area contributed by atoms with Crippen LogP contribution in [-0.4, -0.2) is 34.9 Å². The summed E-state index contributed by atoms with van der Waals surface area (Å²) < 4.78 is 44.1. The highest BCUT2D eigenvalue weighted by atomic mass is 32.1. The van der Waals surface area contributed by atoms with Crippen molar-refractivity contribution >= 4 is 17.3 Å². The van der Waals surface area contributed by atoms with E-state index in [4.69, 9.17) is 9.84 Å². The van der Waals surface area contributed by atoms with Gasteiger partial charge in [0.1, 0.15) is 10.8 Å². The zero-order valence-electron chi connectivity index (χ0n) is 15.7. The van der Waals surface area contributed by atoms with Crippen LogP contribution in [0.2, 0.25) is 0 Å². The van der Waals surface area contributed by atoms with E-state index in [9.17, 15) is 18.0 Å². The molecule has 2 N–H and O–H groups in total. The molecule has 0 amide bonds. The molecule has 158 valence electrons. The Labute approximate surface area is 170 Å². The minimum atomic E-state index is -4.11. The Balaban J connectivity index is 1.49. The smallest absolute Gasteiger partial charge is 0.391 e. The predicted octanol–water partition coefficient (Wildman–Crippen LogP) is 4.87. The molecule has 1 aliphatic carbocycles. The SMILES string of the molecule is O=C(O)CCNCc1nc(-c2ccc(OC3CCC(C(F)(F)F)CC3)cc2)cs1. The number of carboxylic acid groups (broad SMARTS) is 1. The lowest BCUT2D eigenvalue weighted by atomic mass is 9.87. The third kappa shape index (κ3) is 6.43. The van der Waals surface area contributed by atoms with E-state index in [2.05, 4.69) is 10.3 Å². The third-order valence-electron chi connectivity index (χ3n) is 4.93. The molecule has 0 atom stereocenters. The van der Waals surface area contributed by atoms with Gasteiger partial charge in [0, 0.05) is 24.0 Å². The van der Waals surface area contributed by atoms with Crippen molar-refractivity contribution < 1.29 is 27.8 Å². The number of hydrogen-bond donors (Lipinski definition) is 2. The zero-order valence-corrected chi connectivity index (χ0v) is 16.6. The van der Waals surface area contributed by atoms with Crippen LogP contribution in [0, 0.1) is 5.92 Å². The largest absolute Gasteiger partial charge is 0.490 e. The fourth-order valence-electron chi connectivity index (χ4n) is 3.32. The number of carboxylic acids is 1. The maximum atomic E-state index is 12.7. The Bertz CT molecular complexity index is 800. The fraction of sp³-hybridized carbons (Fsp3) is 0.500. The summed E-state index contributed by atoms with van der Waals surface area (Å²) >= 11 is 1.49. The summed E-state index contributed by atoms with van der Waals surface area (Å²) in [5.74, 6) is -1.40. The Morgan fingerprint density at radius 1 is 1.21 bits per heavy atom. The summed E-state index contributed by atoms with van der Waals surface area (Å²) in [5, 5.41) is 14.5. The topological polar surface area (TPSA) is 71.5 Å². The van der Waals surface area contributed by atoms with Crippen molar-refractivity contribution in [1.29, 1.82) is 0 Å². The van der Waals surface area contributed by atoms with Crippen LogP contribution in [0.15, 0.2) is 29.6 Å². The summed E-state index contributed by atoms with van der Waals surface area (Å²) in [6, 6.07) is 7.39. The molecular formula is C20H23F3N2O3S. The Hall–Kier alpha value is -2.13. The van der Waals surface area contributed by atoms with Gasteiger partial charge in [0.15, 0.2) is 0 Å². The van der Waals surface area contributed by atoms with Crippen LogP contribution in [0.4, 0.5) is 13.2 Å². The Kier molecular flexibility index (Phi) is 7.13. The average molecular weight is 428 g/mol. The number of aliphatic carboxylic acids is 1. The van der Waals surface area contributed by atoms with Gasteiger partial charge in [-0.25, -0.2) is 4.98 Å². The highest BCUT2D eigenvalue weighted by Crippen LogP contribution is 2.38. The number of alkyl halides is 3. The van der Waals surface area contributed by atoms with Gasteiger partial charge in [-0.1, -0.05) is 0 Å². The first kappa shape index (κ1) is 21.6. The molecule has 1 saturated carbocycles. The van der Waals surface area contributed by atoms with Gasteiger partial charge in [-0.15, -0.1) is 11.3 Å². The van der Waals surface area contributed by atoms with Crippen molar-refractivity contribution in [1.82, 2.24) is 10.3 Å². The lowest BCUT2D eigenvalue weighted by molar-refractivity contribution is -0.185. The monoisotopic (exact) mass is 428 g/mol. The number of nitrogens with zero attached hydrogens (tertiary/aromatic N) is 1. The molecule has 0 aliphatic heterocycles. The highest BCUT2D eigenvalue weighted by Gasteiger charge is 2.41. The fourth-order valence-corrected chi connectivity index (χ4v) is 4.09. The Morgan fingerprint density at radius 2 is 1.90 bits per heavy atom. The van der Waals surface area contributed by atoms with Gasteiger partial charge in [0.25, 0.3) is 0 Å². The number of hydrogen-bond acceptors (Lipinski definition) is 5. The van der Waals surface area contributed by atoms with E-state index in [0.29, 0.717) is 31.7 Å². The number of benzene rings is 1. The molecule has 1 aromatic heterocycles. The van der Waals surface area contributed by atoms with Gasteiger partial charge < -0.3 is 15.2 Å². The molecule has 0 radical (unpaired) electrons. The molecule has 0 saturated heterocycles. The number of thiazole rings is 1. The second kappa shape index (κ2) is 9.58. The number of rotatable bonds is 8. The molecule has 1 aliphatic rings. The lowest BCUT2D eigenvalue weighted by Gasteiger charge is -2.30. The minimum absolute atomic E-state index is 0.0670. The van der Waals surface area contributed by atoms with Gasteiger partial charge in [0.2, 0.25) is 0 Å². The van der Waals surface area contributed by atoms with E-state index < -0.39 is 18.1 Å². The number of ether oxygens (including phenoxy) is 1. The van der Waals surface area contributed by atoms with Crippen molar-refractivity contribution in [2.24, 2.45) is 5.92 Å². The van der Waals surface area contributed by atoms with E-state index in [1.54, 1.807) is 0 Å². The first-order valence-corrected chi connectivity index (χ1v) is 10.4. The van der Waals surface area contributed by atoms with Crippen molar-refractivity contribution in [2.75, 3.05) is 6.54 Å². The predicted molar refractivity (Wildman–Crippen MR) is 104 cm³/mol. The summed E-state index contributed by atoms with van der Waals surface area (Å²) in [6.45, 7) is 0.904. The van der Waals surface area contributed by atoms with E-state index in [1.807, 2.05) is 29.6 Å². The molecule has 29 heavy (non-hydrogen) atoms. The van der Waals surface area contributed by atoms with Crippen molar-refractivity contribution in [2.45, 2.75) is 50.9 Å². The number of aromatic nitrogens is 1. The maximum absolute atomic E-state index is 12.7. The molecule has 0 bridgehead atoms. The van der Waals surface area contributed by atoms with Gasteiger partial charge in [0.05, 0.1) is 24.1 Å². The minimum Gasteiger partial charge on any atom is -0.490 e. The number of halogens is 3. The van der Waals surface area contributed by atoms with E-state index in [0.717, 1.165) is 16.3 Å². The molecule has 5 nitrogen and oxygen atoms in total. The second-order valence-corrected chi connectivity index (χ2v) is 8.05. The van der Waals surface area contributed by atoms with Crippen LogP contribution in [0.3, 0.4) is 0 Å². The van der Waals surface area contributed by atoms with Crippen LogP contribution >= 0.6 is 11.3 Å². The highest BCUT2D eigenvalue weighted by molar-refractivity contribution is 7.09. The van der Waals surface area contributed by atoms with Crippen molar-refractivity contribution in [3.05, 3.63) is 34.7 Å². The molecular weight excluding hydrogens is 405 g/mol. The molecule has 1 aromatic carbocycles. The second-order valence-electron chi connectivity index (χ2n) is 7.10. The standard InChI is InChI=1S/C20H23F3N2O3S/c21-20(22,23)14-3-7-16(8-4-14)28-15-5-1-13(2-6-15)17-12-29-18(25-17)11-24-10-9-19(26)27/h1-2,5-6,12,14,16,24H,3-4,7-11H2,(H,26,27). The summed E-state index contributed by atoms with van der Waals surface area (Å²) in [5.41, 5.74) is 1.74. The summed E-state index contributed by atoms with van der Waals surface area (Å²) in [4.78, 5) is 15.0. The number of nitrogens with one attached hydrogen (secondary N) is 1. The van der Waals surface area contributed by atoms with Crippen molar-refractivity contribution in [3.8, 4) is 17.0 Å². The van der Waals surface area contributed by atoms with Crippen LogP contribution in [0.25, 0.3) is 11.3 Å². The Morgan fingerprint density at radius 3 is 2.52 bits per heavy atom. The molecule has 0 unspecified atom stereocenters. The van der Waals surface area contributed by atoms with Gasteiger partial charge >= 0.3 is 12.1 Å². The molecule has 1 heterocycles. The molecule has 3 rings (SSSR count). The van der Waals surface area contributed by atoms with E-state index in [1.165, 1.54) is 11.3 Å². The quantitative estimate of drug-likeness (QED) is 0.587. The normalized spacial score (nSPS) is 19.8. The zero-order chi connectivity index (χ0) is 20.9. The maximum Gasteiger partial charge on any atom is 0.391 e. The third-order valence-corrected chi connectivity index (χ3v) is 5.78. The van der Waals surface area contributed by atoms with Crippen LogP contribution in [-0.2, 0) is 11.3 Å². The molecule has 2 aromatic rings. The van der Waals surface area contributed by atoms with Gasteiger partial charge in [-0.2, -0.15) is 13.2 Å². The molecule has 9 heteroatoms. The molecule has 1 fully saturated rings. The van der Waals surface area contributed by atoms with Crippen LogP contribution in [0.5, 0.6) is 5.75 Å². The number of carbonyl (C=O) groups is 1.